The molecule has 2 aliphatic rings. The van der Waals surface area contributed by atoms with E-state index in [0.29, 0.717) is 6.04 Å². The number of carbonyl (C=O) groups excluding carboxylic acids is 1. The van der Waals surface area contributed by atoms with Crippen LogP contribution in [0.15, 0.2) is 24.3 Å². The van der Waals surface area contributed by atoms with Gasteiger partial charge in [-0.15, -0.1) is 0 Å². The van der Waals surface area contributed by atoms with Crippen LogP contribution in [0.4, 0.5) is 0 Å². The second kappa shape index (κ2) is 11.8. The molecule has 31 heavy (non-hydrogen) atoms. The molecule has 2 aliphatic heterocycles. The summed E-state index contributed by atoms with van der Waals surface area (Å²) in [6.45, 7) is 7.52. The standard InChI is InChI=1S/C20H26N4O.2CH2O2/c1-14-19(22-15(2)21-14)16-6-3-7-17(12-16)20(25)24-11-5-10-23-9-4-8-18(23)13-24;2*2-1-3/h3,6-7,12,18H,4-5,8-11,13H2,1-2H3,(H,21,22);2*1H,(H,2,3)/t18-;;/m0../s1. The van der Waals surface area contributed by atoms with E-state index in [0.717, 1.165) is 54.4 Å². The van der Waals surface area contributed by atoms with Gasteiger partial charge in [-0.1, -0.05) is 12.1 Å². The van der Waals surface area contributed by atoms with Crippen molar-refractivity contribution in [2.75, 3.05) is 26.2 Å². The lowest BCUT2D eigenvalue weighted by atomic mass is 10.1. The molecule has 0 radical (unpaired) electrons. The van der Waals surface area contributed by atoms with E-state index in [1.807, 2.05) is 38.1 Å². The molecule has 0 unspecified atom stereocenters. The number of nitrogens with one attached hydrogen (secondary N) is 1. The Morgan fingerprint density at radius 2 is 1.81 bits per heavy atom. The number of benzene rings is 1. The Balaban J connectivity index is 0.000000513. The number of H-pyrrole nitrogens is 1. The van der Waals surface area contributed by atoms with Crippen molar-refractivity contribution < 1.29 is 24.6 Å². The van der Waals surface area contributed by atoms with Gasteiger partial charge in [0.15, 0.2) is 0 Å². The molecule has 2 aromatic rings. The van der Waals surface area contributed by atoms with E-state index in [2.05, 4.69) is 19.8 Å². The van der Waals surface area contributed by atoms with Crippen LogP contribution in [-0.4, -0.2) is 81.1 Å². The summed E-state index contributed by atoms with van der Waals surface area (Å²) in [6, 6.07) is 8.46. The molecule has 1 atom stereocenters. The van der Waals surface area contributed by atoms with Crippen molar-refractivity contribution in [1.82, 2.24) is 19.8 Å². The van der Waals surface area contributed by atoms with Crippen molar-refractivity contribution in [3.8, 4) is 11.3 Å². The van der Waals surface area contributed by atoms with Crippen LogP contribution >= 0.6 is 0 Å². The highest BCUT2D eigenvalue weighted by Gasteiger charge is 2.30. The van der Waals surface area contributed by atoms with E-state index < -0.39 is 0 Å². The van der Waals surface area contributed by atoms with Crippen molar-refractivity contribution in [2.24, 2.45) is 0 Å². The average Bonchev–Trinajstić information content (AvgIpc) is 3.27. The molecule has 1 aromatic heterocycles. The summed E-state index contributed by atoms with van der Waals surface area (Å²) >= 11 is 0. The number of hydrogen-bond acceptors (Lipinski definition) is 5. The van der Waals surface area contributed by atoms with Gasteiger partial charge in [-0.05, 0) is 51.8 Å². The van der Waals surface area contributed by atoms with E-state index in [-0.39, 0.29) is 18.9 Å². The van der Waals surface area contributed by atoms with Crippen LogP contribution in [0.25, 0.3) is 11.3 Å². The summed E-state index contributed by atoms with van der Waals surface area (Å²) in [5.41, 5.74) is 3.75. The van der Waals surface area contributed by atoms with Crippen LogP contribution in [0.5, 0.6) is 0 Å². The summed E-state index contributed by atoms with van der Waals surface area (Å²) in [4.78, 5) is 42.2. The topological polar surface area (TPSA) is 127 Å². The highest BCUT2D eigenvalue weighted by atomic mass is 16.3. The summed E-state index contributed by atoms with van der Waals surface area (Å²) in [5, 5.41) is 13.8. The normalized spacial score (nSPS) is 17.9. The second-order valence-corrected chi connectivity index (χ2v) is 7.52. The first-order chi connectivity index (χ1) is 14.9. The molecule has 168 valence electrons. The Kier molecular flexibility index (Phi) is 9.20. The predicted molar refractivity (Wildman–Crippen MR) is 116 cm³/mol. The van der Waals surface area contributed by atoms with Crippen molar-refractivity contribution in [2.45, 2.75) is 39.2 Å². The minimum atomic E-state index is -0.250. The SMILES string of the molecule is Cc1nc(-c2cccc(C(=O)N3CCCN4CCC[C@H]4C3)c2)c(C)[nH]1.O=CO.O=CO. The zero-order chi connectivity index (χ0) is 22.8. The van der Waals surface area contributed by atoms with E-state index in [4.69, 9.17) is 19.8 Å². The number of aromatic amines is 1. The highest BCUT2D eigenvalue weighted by Crippen LogP contribution is 2.25. The second-order valence-electron chi connectivity index (χ2n) is 7.52. The van der Waals surface area contributed by atoms with Crippen LogP contribution in [0, 0.1) is 13.8 Å². The van der Waals surface area contributed by atoms with Crippen molar-refractivity contribution in [1.29, 1.82) is 0 Å². The van der Waals surface area contributed by atoms with Crippen molar-refractivity contribution in [3.63, 3.8) is 0 Å². The maximum absolute atomic E-state index is 13.1. The molecule has 0 aliphatic carbocycles. The molecule has 9 heteroatoms. The lowest BCUT2D eigenvalue weighted by Crippen LogP contribution is -2.39. The monoisotopic (exact) mass is 430 g/mol. The molecule has 0 spiro atoms. The van der Waals surface area contributed by atoms with Gasteiger partial charge in [0.2, 0.25) is 0 Å². The minimum Gasteiger partial charge on any atom is -0.483 e. The highest BCUT2D eigenvalue weighted by molar-refractivity contribution is 5.95. The number of amides is 1. The van der Waals surface area contributed by atoms with E-state index in [9.17, 15) is 4.79 Å². The van der Waals surface area contributed by atoms with E-state index in [1.165, 1.54) is 19.4 Å². The molecule has 9 nitrogen and oxygen atoms in total. The molecule has 3 N–H and O–H groups in total. The van der Waals surface area contributed by atoms with Gasteiger partial charge in [0.05, 0.1) is 5.69 Å². The van der Waals surface area contributed by atoms with Crippen LogP contribution in [-0.2, 0) is 9.59 Å². The maximum atomic E-state index is 13.1. The number of nitrogens with zero attached hydrogens (tertiary/aromatic N) is 3. The van der Waals surface area contributed by atoms with Crippen LogP contribution < -0.4 is 0 Å². The molecular weight excluding hydrogens is 400 g/mol. The van der Waals surface area contributed by atoms with Gasteiger partial charge in [-0.25, -0.2) is 4.98 Å². The Morgan fingerprint density at radius 3 is 2.45 bits per heavy atom. The molecule has 3 heterocycles. The van der Waals surface area contributed by atoms with Gasteiger partial charge < -0.3 is 20.1 Å². The van der Waals surface area contributed by atoms with E-state index >= 15 is 0 Å². The number of carbonyl (C=O) groups is 3. The largest absolute Gasteiger partial charge is 0.483 e. The quantitative estimate of drug-likeness (QED) is 0.624. The van der Waals surface area contributed by atoms with Crippen LogP contribution in [0.3, 0.4) is 0 Å². The van der Waals surface area contributed by atoms with Crippen molar-refractivity contribution in [3.05, 3.63) is 41.3 Å². The fraction of sp³-hybridized carbons (Fsp3) is 0.455. The summed E-state index contributed by atoms with van der Waals surface area (Å²) < 4.78 is 0. The summed E-state index contributed by atoms with van der Waals surface area (Å²) in [6.07, 6.45) is 3.55. The van der Waals surface area contributed by atoms with Crippen LogP contribution in [0.2, 0.25) is 0 Å². The lowest BCUT2D eigenvalue weighted by Gasteiger charge is -2.25. The number of carboxylic acid groups (broad SMARTS) is 2. The average molecular weight is 431 g/mol. The Labute approximate surface area is 181 Å². The number of fused-ring (bicyclic) bond motifs is 1. The third-order valence-electron chi connectivity index (χ3n) is 5.48. The van der Waals surface area contributed by atoms with Crippen LogP contribution in [0.1, 0.15) is 41.1 Å². The summed E-state index contributed by atoms with van der Waals surface area (Å²) in [7, 11) is 0. The molecule has 1 aromatic carbocycles. The fourth-order valence-electron chi connectivity index (χ4n) is 4.26. The third kappa shape index (κ3) is 6.39. The zero-order valence-corrected chi connectivity index (χ0v) is 18.0. The molecule has 0 saturated carbocycles. The van der Waals surface area contributed by atoms with Gasteiger partial charge in [-0.2, -0.15) is 0 Å². The smallest absolute Gasteiger partial charge is 0.290 e. The number of aryl methyl sites for hydroxylation is 2. The first kappa shape index (κ1) is 24.1. The molecule has 2 saturated heterocycles. The fourth-order valence-corrected chi connectivity index (χ4v) is 4.26. The number of imidazole rings is 1. The Morgan fingerprint density at radius 1 is 1.13 bits per heavy atom. The van der Waals surface area contributed by atoms with Gasteiger partial charge in [0, 0.05) is 42.5 Å². The number of rotatable bonds is 2. The molecular formula is C22H30N4O5. The van der Waals surface area contributed by atoms with Gasteiger partial charge >= 0.3 is 0 Å². The first-order valence-electron chi connectivity index (χ1n) is 10.3. The molecule has 4 rings (SSSR count). The summed E-state index contributed by atoms with van der Waals surface area (Å²) in [5.74, 6) is 1.05. The number of hydrogen-bond donors (Lipinski definition) is 3. The van der Waals surface area contributed by atoms with Gasteiger partial charge in [0.25, 0.3) is 18.9 Å². The van der Waals surface area contributed by atoms with Crippen molar-refractivity contribution >= 4 is 18.9 Å². The Hall–Kier alpha value is -3.20. The van der Waals surface area contributed by atoms with Gasteiger partial charge in [0.1, 0.15) is 5.82 Å². The van der Waals surface area contributed by atoms with E-state index in [1.54, 1.807) is 0 Å². The lowest BCUT2D eigenvalue weighted by molar-refractivity contribution is -0.123. The predicted octanol–water partition coefficient (Wildman–Crippen LogP) is 2.41. The maximum Gasteiger partial charge on any atom is 0.290 e. The first-order valence-corrected chi connectivity index (χ1v) is 10.3. The Bertz CT molecular complexity index is 877. The van der Waals surface area contributed by atoms with Gasteiger partial charge in [-0.3, -0.25) is 19.3 Å². The zero-order valence-electron chi connectivity index (χ0n) is 18.0. The molecule has 2 fully saturated rings. The minimum absolute atomic E-state index is 0.153. The molecule has 0 bridgehead atoms. The third-order valence-corrected chi connectivity index (χ3v) is 5.48. The number of aromatic nitrogens is 2. The molecule has 1 amide bonds.